The number of aryl methyl sites for hydroxylation is 2. The van der Waals surface area contributed by atoms with Crippen molar-refractivity contribution in [3.8, 4) is 5.69 Å². The molecule has 218 valence electrons. The molecule has 0 amide bonds. The molecular formula is C35H40ClN5S. The summed E-state index contributed by atoms with van der Waals surface area (Å²) in [6.07, 6.45) is 3.11. The first kappa shape index (κ1) is 28.8. The highest BCUT2D eigenvalue weighted by molar-refractivity contribution is 7.80. The van der Waals surface area contributed by atoms with Crippen molar-refractivity contribution < 1.29 is 0 Å². The van der Waals surface area contributed by atoms with Crippen molar-refractivity contribution in [1.29, 1.82) is 0 Å². The minimum atomic E-state index is -0.117. The molecule has 2 aliphatic rings. The zero-order valence-electron chi connectivity index (χ0n) is 25.4. The number of rotatable bonds is 5. The Kier molecular flexibility index (Phi) is 7.79. The Morgan fingerprint density at radius 2 is 1.67 bits per heavy atom. The summed E-state index contributed by atoms with van der Waals surface area (Å²) < 4.78 is 2.38. The van der Waals surface area contributed by atoms with Crippen molar-refractivity contribution in [3.63, 3.8) is 0 Å². The molecule has 0 unspecified atom stereocenters. The van der Waals surface area contributed by atoms with Crippen LogP contribution in [0.1, 0.15) is 66.1 Å². The van der Waals surface area contributed by atoms with Gasteiger partial charge < -0.3 is 19.7 Å². The van der Waals surface area contributed by atoms with E-state index in [1.807, 2.05) is 18.3 Å². The van der Waals surface area contributed by atoms with E-state index in [2.05, 4.69) is 110 Å². The van der Waals surface area contributed by atoms with Crippen LogP contribution < -0.4 is 15.1 Å². The molecule has 0 spiro atoms. The number of pyridine rings is 1. The lowest BCUT2D eigenvalue weighted by atomic mass is 9.91. The summed E-state index contributed by atoms with van der Waals surface area (Å²) >= 11 is 13.1. The standard InChI is InChI=1S/C35H40ClN5S/c1-21-16-22(2)20-39(19-21)32-14-13-27(18-29(32)36)41-34(33(38-35(41)42)30-11-7-8-15-37-30)28-17-24(4)40(26(28)6)31-12-9-10-23(3)25(31)5/h7-15,17-18,21-22,33-34H,16,19-20H2,1-6H3,(H,38,42)/t21-,22+,33-,34-/m0/s1. The first-order valence-corrected chi connectivity index (χ1v) is 15.7. The molecule has 5 nitrogen and oxygen atoms in total. The largest absolute Gasteiger partial charge is 0.370 e. The average Bonchev–Trinajstić information content (AvgIpc) is 3.45. The smallest absolute Gasteiger partial charge is 0.174 e. The first-order valence-electron chi connectivity index (χ1n) is 14.9. The molecule has 2 aromatic carbocycles. The highest BCUT2D eigenvalue weighted by atomic mass is 35.5. The van der Waals surface area contributed by atoms with Gasteiger partial charge in [-0.05, 0) is 117 Å². The number of hydrogen-bond acceptors (Lipinski definition) is 3. The maximum atomic E-state index is 7.06. The van der Waals surface area contributed by atoms with Gasteiger partial charge in [0.15, 0.2) is 5.11 Å². The van der Waals surface area contributed by atoms with E-state index in [0.29, 0.717) is 16.9 Å². The van der Waals surface area contributed by atoms with E-state index in [0.717, 1.165) is 35.2 Å². The second-order valence-corrected chi connectivity index (χ2v) is 13.2. The molecule has 0 bridgehead atoms. The fourth-order valence-electron chi connectivity index (χ4n) is 7.15. The molecular weight excluding hydrogens is 558 g/mol. The van der Waals surface area contributed by atoms with Gasteiger partial charge >= 0.3 is 0 Å². The van der Waals surface area contributed by atoms with Gasteiger partial charge in [0.05, 0.1) is 28.5 Å². The number of halogens is 1. The maximum absolute atomic E-state index is 7.06. The Balaban J connectivity index is 1.45. The zero-order chi connectivity index (χ0) is 29.7. The molecule has 0 radical (unpaired) electrons. The Hall–Kier alpha value is -3.35. The molecule has 2 aromatic heterocycles. The van der Waals surface area contributed by atoms with E-state index in [4.69, 9.17) is 28.8 Å². The minimum Gasteiger partial charge on any atom is -0.370 e. The summed E-state index contributed by atoms with van der Waals surface area (Å²) in [5.41, 5.74) is 10.4. The Labute approximate surface area is 260 Å². The summed E-state index contributed by atoms with van der Waals surface area (Å²) in [7, 11) is 0. The summed E-state index contributed by atoms with van der Waals surface area (Å²) in [5, 5.41) is 5.06. The molecule has 42 heavy (non-hydrogen) atoms. The Morgan fingerprint density at radius 3 is 2.36 bits per heavy atom. The van der Waals surface area contributed by atoms with Crippen LogP contribution in [0.2, 0.25) is 5.02 Å². The van der Waals surface area contributed by atoms with Crippen LogP contribution >= 0.6 is 23.8 Å². The summed E-state index contributed by atoms with van der Waals surface area (Å²) in [6.45, 7) is 15.5. The third-order valence-electron chi connectivity index (χ3n) is 9.12. The second-order valence-electron chi connectivity index (χ2n) is 12.4. The fourth-order valence-corrected chi connectivity index (χ4v) is 7.79. The average molecular weight is 598 g/mol. The van der Waals surface area contributed by atoms with E-state index < -0.39 is 0 Å². The molecule has 6 rings (SSSR count). The van der Waals surface area contributed by atoms with Crippen LogP contribution in [0.4, 0.5) is 11.4 Å². The number of nitrogens with one attached hydrogen (secondary N) is 1. The normalized spacial score (nSPS) is 22.5. The van der Waals surface area contributed by atoms with E-state index >= 15 is 0 Å². The highest BCUT2D eigenvalue weighted by Crippen LogP contribution is 2.45. The molecule has 2 saturated heterocycles. The van der Waals surface area contributed by atoms with Crippen LogP contribution in [0, 0.1) is 39.5 Å². The monoisotopic (exact) mass is 597 g/mol. The van der Waals surface area contributed by atoms with Gasteiger partial charge in [-0.1, -0.05) is 43.6 Å². The van der Waals surface area contributed by atoms with Crippen LogP contribution in [-0.2, 0) is 0 Å². The molecule has 2 aliphatic heterocycles. The number of aromatic nitrogens is 2. The minimum absolute atomic E-state index is 0.102. The number of thiocarbonyl (C=S) groups is 1. The third kappa shape index (κ3) is 5.09. The molecule has 4 heterocycles. The van der Waals surface area contributed by atoms with Crippen LogP contribution in [0.3, 0.4) is 0 Å². The number of anilines is 2. The van der Waals surface area contributed by atoms with Gasteiger partial charge in [0, 0.05) is 42.0 Å². The summed E-state index contributed by atoms with van der Waals surface area (Å²) in [4.78, 5) is 9.44. The van der Waals surface area contributed by atoms with Gasteiger partial charge in [-0.2, -0.15) is 0 Å². The number of benzene rings is 2. The zero-order valence-corrected chi connectivity index (χ0v) is 26.9. The molecule has 7 heteroatoms. The molecule has 0 aliphatic carbocycles. The van der Waals surface area contributed by atoms with Crippen molar-refractivity contribution in [1.82, 2.24) is 14.9 Å². The van der Waals surface area contributed by atoms with Gasteiger partial charge in [-0.15, -0.1) is 0 Å². The maximum Gasteiger partial charge on any atom is 0.174 e. The Morgan fingerprint density at radius 1 is 0.905 bits per heavy atom. The van der Waals surface area contributed by atoms with E-state index in [1.165, 1.54) is 40.2 Å². The SMILES string of the molecule is Cc1cccc(-n2c(C)cc([C@H]3[C@H](c4ccccn4)NC(=S)N3c3ccc(N4C[C@H](C)C[C@H](C)C4)c(Cl)c3)c2C)c1C. The molecule has 4 atom stereocenters. The van der Waals surface area contributed by atoms with Gasteiger partial charge in [0.1, 0.15) is 0 Å². The topological polar surface area (TPSA) is 36.3 Å². The number of nitrogens with zero attached hydrogens (tertiary/aromatic N) is 4. The third-order valence-corrected chi connectivity index (χ3v) is 9.74. The summed E-state index contributed by atoms with van der Waals surface area (Å²) in [5.74, 6) is 1.30. The van der Waals surface area contributed by atoms with Crippen LogP contribution in [0.25, 0.3) is 5.69 Å². The van der Waals surface area contributed by atoms with Crippen molar-refractivity contribution in [3.05, 3.63) is 106 Å². The predicted octanol–water partition coefficient (Wildman–Crippen LogP) is 8.42. The van der Waals surface area contributed by atoms with Gasteiger partial charge in [-0.25, -0.2) is 0 Å². The second kappa shape index (κ2) is 11.4. The Bertz CT molecular complexity index is 1620. The molecule has 2 fully saturated rings. The van der Waals surface area contributed by atoms with Gasteiger partial charge in [0.25, 0.3) is 0 Å². The highest BCUT2D eigenvalue weighted by Gasteiger charge is 2.42. The van der Waals surface area contributed by atoms with Crippen LogP contribution in [0.5, 0.6) is 0 Å². The van der Waals surface area contributed by atoms with Crippen molar-refractivity contribution in [2.45, 2.75) is 60.0 Å². The molecule has 0 saturated carbocycles. The lowest BCUT2D eigenvalue weighted by molar-refractivity contribution is 0.357. The van der Waals surface area contributed by atoms with Crippen molar-refractivity contribution in [2.75, 3.05) is 22.9 Å². The quantitative estimate of drug-likeness (QED) is 0.234. The number of piperidine rings is 1. The number of hydrogen-bond donors (Lipinski definition) is 1. The van der Waals surface area contributed by atoms with Crippen molar-refractivity contribution >= 4 is 40.3 Å². The van der Waals surface area contributed by atoms with E-state index in [1.54, 1.807) is 0 Å². The molecule has 1 N–H and O–H groups in total. The predicted molar refractivity (Wildman–Crippen MR) is 179 cm³/mol. The lowest BCUT2D eigenvalue weighted by Gasteiger charge is -2.37. The van der Waals surface area contributed by atoms with Crippen molar-refractivity contribution in [2.24, 2.45) is 11.8 Å². The van der Waals surface area contributed by atoms with Gasteiger partial charge in [0.2, 0.25) is 0 Å². The van der Waals surface area contributed by atoms with Crippen LogP contribution in [0.15, 0.2) is 66.9 Å². The summed E-state index contributed by atoms with van der Waals surface area (Å²) in [6, 6.07) is 21.1. The van der Waals surface area contributed by atoms with E-state index in [9.17, 15) is 0 Å². The van der Waals surface area contributed by atoms with Gasteiger partial charge in [-0.3, -0.25) is 4.98 Å². The fraction of sp³-hybridized carbons (Fsp3) is 0.371. The molecule has 4 aromatic rings. The lowest BCUT2D eigenvalue weighted by Crippen LogP contribution is -2.38. The first-order chi connectivity index (χ1) is 20.1. The van der Waals surface area contributed by atoms with E-state index in [-0.39, 0.29) is 12.1 Å². The van der Waals surface area contributed by atoms with Crippen LogP contribution in [-0.4, -0.2) is 27.8 Å².